The molecule has 122 valence electrons. The van der Waals surface area contributed by atoms with Crippen LogP contribution in [0, 0.1) is 6.57 Å². The van der Waals surface area contributed by atoms with Gasteiger partial charge in [-0.15, -0.1) is 11.3 Å². The van der Waals surface area contributed by atoms with Crippen molar-refractivity contribution in [3.05, 3.63) is 52.0 Å². The molecule has 0 radical (unpaired) electrons. The highest BCUT2D eigenvalue weighted by Gasteiger charge is 2.50. The van der Waals surface area contributed by atoms with E-state index in [-0.39, 0.29) is 10.3 Å². The quantitative estimate of drug-likeness (QED) is 0.812. The van der Waals surface area contributed by atoms with Crippen LogP contribution in [0.2, 0.25) is 0 Å². The fraction of sp³-hybridized carbons (Fsp3) is 0.333. The van der Waals surface area contributed by atoms with Crippen molar-refractivity contribution in [2.75, 3.05) is 13.2 Å². The lowest BCUT2D eigenvalue weighted by molar-refractivity contribution is -0.0207. The minimum atomic E-state index is -0.306. The monoisotopic (exact) mass is 355 g/mol. The van der Waals surface area contributed by atoms with Crippen molar-refractivity contribution in [2.45, 2.75) is 23.6 Å². The summed E-state index contributed by atoms with van der Waals surface area (Å²) in [5, 5.41) is 2.79. The van der Waals surface area contributed by atoms with Crippen molar-refractivity contribution in [1.29, 1.82) is 0 Å². The second-order valence-corrected chi connectivity index (χ2v) is 8.94. The lowest BCUT2D eigenvalue weighted by Gasteiger charge is -2.47. The molecule has 2 aliphatic heterocycles. The maximum atomic E-state index is 7.17. The van der Waals surface area contributed by atoms with Gasteiger partial charge in [-0.25, -0.2) is 4.85 Å². The van der Waals surface area contributed by atoms with E-state index < -0.39 is 0 Å². The molecule has 0 saturated carbocycles. The van der Waals surface area contributed by atoms with Crippen LogP contribution < -0.4 is 5.73 Å². The maximum Gasteiger partial charge on any atom is 0.187 e. The van der Waals surface area contributed by atoms with E-state index in [1.165, 1.54) is 4.88 Å². The molecule has 2 aromatic rings. The molecule has 4 rings (SSSR count). The third-order valence-corrected chi connectivity index (χ3v) is 6.81. The second-order valence-electron chi connectivity index (χ2n) is 6.54. The lowest BCUT2D eigenvalue weighted by atomic mass is 9.85. The Balaban J connectivity index is 1.69. The molecule has 1 saturated heterocycles. The summed E-state index contributed by atoms with van der Waals surface area (Å²) in [6.07, 6.45) is 0.938. The van der Waals surface area contributed by atoms with Gasteiger partial charge >= 0.3 is 0 Å². The van der Waals surface area contributed by atoms with Crippen LogP contribution in [0.4, 0.5) is 5.69 Å². The first-order chi connectivity index (χ1) is 11.5. The molecule has 0 amide bonds. The second kappa shape index (κ2) is 5.62. The van der Waals surface area contributed by atoms with E-state index in [9.17, 15) is 0 Å². The molecule has 2 N–H and O–H groups in total. The SMILES string of the molecule is [C-]#[N+]c1cccc(-c2csc(C3(C)CC4(COC4)SC(N)=N3)c2)c1. The van der Waals surface area contributed by atoms with E-state index in [0.29, 0.717) is 10.9 Å². The number of amidine groups is 1. The van der Waals surface area contributed by atoms with Gasteiger partial charge in [0, 0.05) is 4.88 Å². The largest absolute Gasteiger partial charge is 0.378 e. The van der Waals surface area contributed by atoms with E-state index in [2.05, 4.69) is 23.2 Å². The Kier molecular flexibility index (Phi) is 3.68. The molecule has 1 aromatic carbocycles. The summed E-state index contributed by atoms with van der Waals surface area (Å²) in [6, 6.07) is 9.91. The zero-order valence-corrected chi connectivity index (χ0v) is 14.9. The van der Waals surface area contributed by atoms with E-state index in [1.54, 1.807) is 23.1 Å². The Labute approximate surface area is 149 Å². The highest BCUT2D eigenvalue weighted by Crippen LogP contribution is 2.50. The summed E-state index contributed by atoms with van der Waals surface area (Å²) >= 11 is 3.37. The molecule has 2 aliphatic rings. The van der Waals surface area contributed by atoms with Gasteiger partial charge < -0.3 is 10.5 Å². The predicted molar refractivity (Wildman–Crippen MR) is 101 cm³/mol. The number of thiophene rings is 1. The van der Waals surface area contributed by atoms with E-state index in [4.69, 9.17) is 22.0 Å². The van der Waals surface area contributed by atoms with Crippen LogP contribution in [0.3, 0.4) is 0 Å². The smallest absolute Gasteiger partial charge is 0.187 e. The summed E-state index contributed by atoms with van der Waals surface area (Å²) in [4.78, 5) is 9.49. The molecule has 1 spiro atoms. The standard InChI is InChI=1S/C18H17N3OS2/c1-17(9-18(10-22-11-18)24-16(19)21-17)15-7-13(8-23-15)12-4-3-5-14(6-12)20-2/h3-8H,9-11H2,1H3,(H2,19,21). The number of rotatable bonds is 2. The van der Waals surface area contributed by atoms with Gasteiger partial charge in [-0.1, -0.05) is 30.0 Å². The first-order valence-electron chi connectivity index (χ1n) is 7.71. The Morgan fingerprint density at radius 2 is 2.12 bits per heavy atom. The average Bonchev–Trinajstić information content (AvgIpc) is 3.03. The minimum Gasteiger partial charge on any atom is -0.378 e. The molecule has 1 aromatic heterocycles. The van der Waals surface area contributed by atoms with Gasteiger partial charge in [0.25, 0.3) is 0 Å². The molecule has 3 heterocycles. The van der Waals surface area contributed by atoms with Gasteiger partial charge in [-0.05, 0) is 42.0 Å². The van der Waals surface area contributed by atoms with Crippen LogP contribution in [-0.4, -0.2) is 23.1 Å². The molecule has 1 atom stereocenters. The summed E-state index contributed by atoms with van der Waals surface area (Å²) in [6.45, 7) is 10.8. The minimum absolute atomic E-state index is 0.0781. The lowest BCUT2D eigenvalue weighted by Crippen LogP contribution is -2.54. The van der Waals surface area contributed by atoms with Gasteiger partial charge in [0.15, 0.2) is 10.9 Å². The Bertz CT molecular complexity index is 863. The normalized spacial score (nSPS) is 24.9. The number of nitrogens with two attached hydrogens (primary N) is 1. The molecular weight excluding hydrogens is 338 g/mol. The van der Waals surface area contributed by atoms with Gasteiger partial charge in [-0.2, -0.15) is 0 Å². The highest BCUT2D eigenvalue weighted by molar-refractivity contribution is 8.15. The van der Waals surface area contributed by atoms with E-state index in [1.807, 2.05) is 24.3 Å². The van der Waals surface area contributed by atoms with E-state index >= 15 is 0 Å². The van der Waals surface area contributed by atoms with Gasteiger partial charge in [0.05, 0.1) is 30.1 Å². The predicted octanol–water partition coefficient (Wildman–Crippen LogP) is 4.40. The fourth-order valence-corrected chi connectivity index (χ4v) is 5.70. The molecule has 1 unspecified atom stereocenters. The maximum absolute atomic E-state index is 7.17. The van der Waals surface area contributed by atoms with Crippen molar-refractivity contribution in [1.82, 2.24) is 0 Å². The van der Waals surface area contributed by atoms with Crippen LogP contribution in [0.5, 0.6) is 0 Å². The number of nitrogens with zero attached hydrogens (tertiary/aromatic N) is 2. The third kappa shape index (κ3) is 2.63. The number of benzene rings is 1. The van der Waals surface area contributed by atoms with Crippen molar-refractivity contribution in [2.24, 2.45) is 10.7 Å². The van der Waals surface area contributed by atoms with Gasteiger partial charge in [0.2, 0.25) is 0 Å². The summed E-state index contributed by atoms with van der Waals surface area (Å²) in [5.41, 5.74) is 8.67. The number of thioether (sulfide) groups is 1. The first-order valence-corrected chi connectivity index (χ1v) is 9.41. The molecule has 24 heavy (non-hydrogen) atoms. The molecule has 4 nitrogen and oxygen atoms in total. The number of aliphatic imine (C=N–C) groups is 1. The van der Waals surface area contributed by atoms with Crippen molar-refractivity contribution < 1.29 is 4.74 Å². The molecule has 0 bridgehead atoms. The van der Waals surface area contributed by atoms with Crippen LogP contribution >= 0.6 is 23.1 Å². The van der Waals surface area contributed by atoms with Gasteiger partial charge in [-0.3, -0.25) is 4.99 Å². The van der Waals surface area contributed by atoms with Crippen molar-refractivity contribution in [3.8, 4) is 11.1 Å². The topological polar surface area (TPSA) is 52.0 Å². The summed E-state index contributed by atoms with van der Waals surface area (Å²) in [5.74, 6) is 0. The summed E-state index contributed by atoms with van der Waals surface area (Å²) in [7, 11) is 0. The average molecular weight is 355 g/mol. The van der Waals surface area contributed by atoms with Crippen LogP contribution in [0.1, 0.15) is 18.2 Å². The zero-order chi connectivity index (χ0) is 16.8. The molecule has 6 heteroatoms. The molecule has 0 aliphatic carbocycles. The third-order valence-electron chi connectivity index (χ3n) is 4.51. The van der Waals surface area contributed by atoms with E-state index in [0.717, 1.165) is 30.8 Å². The molecule has 1 fully saturated rings. The molecular formula is C18H17N3OS2. The number of ether oxygens (including phenoxy) is 1. The zero-order valence-electron chi connectivity index (χ0n) is 13.3. The Morgan fingerprint density at radius 3 is 2.83 bits per heavy atom. The Morgan fingerprint density at radius 1 is 1.29 bits per heavy atom. The Hall–Kier alpha value is -1.81. The van der Waals surface area contributed by atoms with Crippen LogP contribution in [-0.2, 0) is 10.3 Å². The number of hydrogen-bond donors (Lipinski definition) is 1. The first kappa shape index (κ1) is 15.7. The van der Waals surface area contributed by atoms with Crippen LogP contribution in [0.25, 0.3) is 16.0 Å². The van der Waals surface area contributed by atoms with Crippen molar-refractivity contribution in [3.63, 3.8) is 0 Å². The van der Waals surface area contributed by atoms with Crippen LogP contribution in [0.15, 0.2) is 40.7 Å². The fourth-order valence-electron chi connectivity index (χ4n) is 3.35. The highest BCUT2D eigenvalue weighted by atomic mass is 32.2. The number of hydrogen-bond acceptors (Lipinski definition) is 5. The summed E-state index contributed by atoms with van der Waals surface area (Å²) < 4.78 is 5.52. The van der Waals surface area contributed by atoms with Crippen molar-refractivity contribution >= 4 is 34.0 Å². The van der Waals surface area contributed by atoms with Gasteiger partial charge in [0.1, 0.15) is 0 Å².